The summed E-state index contributed by atoms with van der Waals surface area (Å²) in [6.07, 6.45) is 1.56. The van der Waals surface area contributed by atoms with Crippen LogP contribution in [0.3, 0.4) is 0 Å². The summed E-state index contributed by atoms with van der Waals surface area (Å²) in [5, 5.41) is 4.76. The molecule has 1 heterocycles. The smallest absolute Gasteiger partial charge is 0.271 e. The van der Waals surface area contributed by atoms with Gasteiger partial charge in [-0.3, -0.25) is 4.79 Å². The van der Waals surface area contributed by atoms with Crippen LogP contribution < -0.4 is 10.2 Å². The van der Waals surface area contributed by atoms with Crippen LogP contribution >= 0.6 is 11.6 Å². The molecule has 0 saturated carbocycles. The number of carbonyl (C=O) groups excluding carboxylic acids is 1. The lowest BCUT2D eigenvalue weighted by Crippen LogP contribution is -2.19. The second-order valence-corrected chi connectivity index (χ2v) is 6.42. The van der Waals surface area contributed by atoms with Crippen LogP contribution in [0.4, 0.5) is 0 Å². The fraction of sp³-hybridized carbons (Fsp3) is 0.143. The SMILES string of the molecule is C/C(=N/NC(=O)c1ccc(COc2ccc(Cl)c(C)c2)cc1)c1ccco1. The van der Waals surface area contributed by atoms with E-state index >= 15 is 0 Å². The van der Waals surface area contributed by atoms with Crippen molar-refractivity contribution in [1.29, 1.82) is 0 Å². The molecule has 6 heteroatoms. The van der Waals surface area contributed by atoms with Crippen LogP contribution in [0.25, 0.3) is 0 Å². The number of hydrogen-bond acceptors (Lipinski definition) is 4. The Morgan fingerprint density at radius 2 is 1.96 bits per heavy atom. The molecule has 0 unspecified atom stereocenters. The van der Waals surface area contributed by atoms with Crippen molar-refractivity contribution in [3.05, 3.63) is 88.3 Å². The Bertz CT molecular complexity index is 948. The van der Waals surface area contributed by atoms with Crippen LogP contribution in [-0.4, -0.2) is 11.6 Å². The van der Waals surface area contributed by atoms with Gasteiger partial charge in [-0.05, 0) is 67.4 Å². The van der Waals surface area contributed by atoms with Gasteiger partial charge in [0, 0.05) is 10.6 Å². The Labute approximate surface area is 162 Å². The number of rotatable bonds is 6. The van der Waals surface area contributed by atoms with Crippen molar-refractivity contribution >= 4 is 23.2 Å². The summed E-state index contributed by atoms with van der Waals surface area (Å²) in [5.41, 5.74) is 5.54. The van der Waals surface area contributed by atoms with Crippen LogP contribution in [0.1, 0.15) is 34.2 Å². The average Bonchev–Trinajstić information content (AvgIpc) is 3.22. The van der Waals surface area contributed by atoms with Gasteiger partial charge in [0.25, 0.3) is 5.91 Å². The lowest BCUT2D eigenvalue weighted by atomic mass is 10.1. The van der Waals surface area contributed by atoms with Gasteiger partial charge < -0.3 is 9.15 Å². The molecule has 3 rings (SSSR count). The van der Waals surface area contributed by atoms with E-state index < -0.39 is 0 Å². The van der Waals surface area contributed by atoms with E-state index in [2.05, 4.69) is 10.5 Å². The molecule has 2 aromatic carbocycles. The van der Waals surface area contributed by atoms with Gasteiger partial charge in [-0.25, -0.2) is 5.43 Å². The minimum absolute atomic E-state index is 0.290. The van der Waals surface area contributed by atoms with Gasteiger partial charge in [0.1, 0.15) is 23.8 Å². The molecule has 0 bridgehead atoms. The Morgan fingerprint density at radius 1 is 1.19 bits per heavy atom. The first-order valence-electron chi connectivity index (χ1n) is 8.39. The Hall–Kier alpha value is -3.05. The fourth-order valence-electron chi connectivity index (χ4n) is 2.36. The van der Waals surface area contributed by atoms with E-state index in [1.54, 1.807) is 37.5 Å². The highest BCUT2D eigenvalue weighted by molar-refractivity contribution is 6.31. The normalized spacial score (nSPS) is 11.3. The number of furan rings is 1. The fourth-order valence-corrected chi connectivity index (χ4v) is 2.48. The van der Waals surface area contributed by atoms with Crippen LogP contribution in [0.2, 0.25) is 5.02 Å². The molecular formula is C21H19ClN2O3. The maximum Gasteiger partial charge on any atom is 0.271 e. The van der Waals surface area contributed by atoms with E-state index in [-0.39, 0.29) is 5.91 Å². The maximum atomic E-state index is 12.2. The number of hydrogen-bond donors (Lipinski definition) is 1. The van der Waals surface area contributed by atoms with Crippen molar-refractivity contribution in [3.8, 4) is 5.75 Å². The molecule has 0 aliphatic rings. The Morgan fingerprint density at radius 3 is 2.63 bits per heavy atom. The van der Waals surface area contributed by atoms with Crippen molar-refractivity contribution in [2.45, 2.75) is 20.5 Å². The third kappa shape index (κ3) is 4.99. The second kappa shape index (κ2) is 8.56. The molecule has 0 atom stereocenters. The van der Waals surface area contributed by atoms with E-state index in [0.717, 1.165) is 16.9 Å². The quantitative estimate of drug-likeness (QED) is 0.483. The summed E-state index contributed by atoms with van der Waals surface area (Å²) in [7, 11) is 0. The van der Waals surface area contributed by atoms with E-state index in [1.807, 2.05) is 37.3 Å². The first-order valence-corrected chi connectivity index (χ1v) is 8.77. The van der Waals surface area contributed by atoms with Gasteiger partial charge in [0.05, 0.1) is 6.26 Å². The largest absolute Gasteiger partial charge is 0.489 e. The van der Waals surface area contributed by atoms with Gasteiger partial charge in [-0.15, -0.1) is 0 Å². The first kappa shape index (κ1) is 18.7. The topological polar surface area (TPSA) is 63.8 Å². The number of aryl methyl sites for hydroxylation is 1. The number of hydrazone groups is 1. The summed E-state index contributed by atoms with van der Waals surface area (Å²) in [4.78, 5) is 12.2. The number of ether oxygens (including phenoxy) is 1. The minimum Gasteiger partial charge on any atom is -0.489 e. The highest BCUT2D eigenvalue weighted by atomic mass is 35.5. The molecule has 0 spiro atoms. The zero-order valence-corrected chi connectivity index (χ0v) is 15.8. The molecule has 138 valence electrons. The van der Waals surface area contributed by atoms with E-state index in [9.17, 15) is 4.79 Å². The molecule has 3 aromatic rings. The lowest BCUT2D eigenvalue weighted by molar-refractivity contribution is 0.0954. The molecule has 0 fully saturated rings. The van der Waals surface area contributed by atoms with Crippen LogP contribution in [0.15, 0.2) is 70.4 Å². The maximum absolute atomic E-state index is 12.2. The zero-order valence-electron chi connectivity index (χ0n) is 15.0. The van der Waals surface area contributed by atoms with Crippen molar-refractivity contribution in [2.75, 3.05) is 0 Å². The Balaban J connectivity index is 1.57. The van der Waals surface area contributed by atoms with Crippen LogP contribution in [0, 0.1) is 6.92 Å². The molecule has 1 aromatic heterocycles. The van der Waals surface area contributed by atoms with Crippen LogP contribution in [-0.2, 0) is 6.61 Å². The van der Waals surface area contributed by atoms with Crippen molar-refractivity contribution in [3.63, 3.8) is 0 Å². The number of carbonyl (C=O) groups is 1. The van der Waals surface area contributed by atoms with E-state index in [0.29, 0.717) is 28.7 Å². The number of benzene rings is 2. The van der Waals surface area contributed by atoms with Gasteiger partial charge in [0.2, 0.25) is 0 Å². The molecule has 1 N–H and O–H groups in total. The predicted molar refractivity (Wildman–Crippen MR) is 105 cm³/mol. The minimum atomic E-state index is -0.290. The number of nitrogens with one attached hydrogen (secondary N) is 1. The molecule has 27 heavy (non-hydrogen) atoms. The van der Waals surface area contributed by atoms with Crippen molar-refractivity contribution in [2.24, 2.45) is 5.10 Å². The molecule has 0 saturated heterocycles. The predicted octanol–water partition coefficient (Wildman–Crippen LogP) is 4.97. The molecule has 5 nitrogen and oxygen atoms in total. The molecule has 0 radical (unpaired) electrons. The number of amides is 1. The third-order valence-corrected chi connectivity index (χ3v) is 4.38. The van der Waals surface area contributed by atoms with Gasteiger partial charge >= 0.3 is 0 Å². The highest BCUT2D eigenvalue weighted by Crippen LogP contribution is 2.21. The molecule has 0 aliphatic carbocycles. The van der Waals surface area contributed by atoms with Gasteiger partial charge in [-0.2, -0.15) is 5.10 Å². The standard InChI is InChI=1S/C21H19ClN2O3/c1-14-12-18(9-10-19(14)22)27-13-16-5-7-17(8-6-16)21(25)24-23-15(2)20-4-3-11-26-20/h3-12H,13H2,1-2H3,(H,24,25)/b23-15-. The summed E-state index contributed by atoms with van der Waals surface area (Å²) in [5.74, 6) is 1.07. The Kier molecular flexibility index (Phi) is 5.94. The summed E-state index contributed by atoms with van der Waals surface area (Å²) < 4.78 is 11.0. The number of nitrogens with zero attached hydrogens (tertiary/aromatic N) is 1. The summed E-state index contributed by atoms with van der Waals surface area (Å²) in [6, 6.07) is 16.2. The van der Waals surface area contributed by atoms with E-state index in [1.165, 1.54) is 0 Å². The summed E-state index contributed by atoms with van der Waals surface area (Å²) in [6.45, 7) is 4.09. The molecule has 1 amide bonds. The second-order valence-electron chi connectivity index (χ2n) is 6.01. The number of halogens is 1. The van der Waals surface area contributed by atoms with Crippen LogP contribution in [0.5, 0.6) is 5.75 Å². The molecule has 0 aliphatic heterocycles. The third-order valence-electron chi connectivity index (χ3n) is 3.95. The van der Waals surface area contributed by atoms with Gasteiger partial charge in [0.15, 0.2) is 0 Å². The monoisotopic (exact) mass is 382 g/mol. The van der Waals surface area contributed by atoms with Gasteiger partial charge in [-0.1, -0.05) is 23.7 Å². The zero-order chi connectivity index (χ0) is 19.2. The summed E-state index contributed by atoms with van der Waals surface area (Å²) >= 11 is 6.01. The van der Waals surface area contributed by atoms with Crippen molar-refractivity contribution < 1.29 is 13.9 Å². The molecular weight excluding hydrogens is 364 g/mol. The average molecular weight is 383 g/mol. The van der Waals surface area contributed by atoms with E-state index in [4.69, 9.17) is 20.8 Å². The highest BCUT2D eigenvalue weighted by Gasteiger charge is 2.06. The lowest BCUT2D eigenvalue weighted by Gasteiger charge is -2.08. The van der Waals surface area contributed by atoms with Crippen molar-refractivity contribution in [1.82, 2.24) is 5.43 Å². The first-order chi connectivity index (χ1) is 13.0.